The third kappa shape index (κ3) is 4.23. The molecule has 0 saturated heterocycles. The molecule has 0 spiro atoms. The highest BCUT2D eigenvalue weighted by Crippen LogP contribution is 2.31. The van der Waals surface area contributed by atoms with Gasteiger partial charge in [0, 0.05) is 17.6 Å². The van der Waals surface area contributed by atoms with E-state index in [0.29, 0.717) is 10.7 Å². The number of nitrogens with zero attached hydrogens (tertiary/aromatic N) is 3. The summed E-state index contributed by atoms with van der Waals surface area (Å²) in [6.45, 7) is 6.19. The number of nitro groups is 1. The summed E-state index contributed by atoms with van der Waals surface area (Å²) in [7, 11) is 0. The molecule has 0 unspecified atom stereocenters. The molecule has 1 heterocycles. The molecule has 8 heteroatoms. The number of carbonyl (C=O) groups excluding carboxylic acids is 1. The molecule has 0 fully saturated rings. The van der Waals surface area contributed by atoms with Crippen LogP contribution in [0, 0.1) is 10.1 Å². The van der Waals surface area contributed by atoms with Crippen LogP contribution in [0.4, 0.5) is 10.8 Å². The van der Waals surface area contributed by atoms with E-state index in [4.69, 9.17) is 0 Å². The van der Waals surface area contributed by atoms with Crippen LogP contribution >= 0.6 is 11.3 Å². The Morgan fingerprint density at radius 2 is 2.08 bits per heavy atom. The molecular weight excluding hydrogens is 328 g/mol. The summed E-state index contributed by atoms with van der Waals surface area (Å²) in [6.07, 6.45) is 3.56. The summed E-state index contributed by atoms with van der Waals surface area (Å²) >= 11 is 1.33. The van der Waals surface area contributed by atoms with Gasteiger partial charge in [-0.15, -0.1) is 10.2 Å². The van der Waals surface area contributed by atoms with Crippen LogP contribution in [0.2, 0.25) is 0 Å². The molecule has 1 aromatic heterocycles. The van der Waals surface area contributed by atoms with Crippen molar-refractivity contribution in [2.45, 2.75) is 32.6 Å². The Hall–Kier alpha value is -2.61. The van der Waals surface area contributed by atoms with E-state index >= 15 is 0 Å². The van der Waals surface area contributed by atoms with Crippen molar-refractivity contribution in [1.82, 2.24) is 10.2 Å². The molecule has 0 bridgehead atoms. The Labute approximate surface area is 143 Å². The minimum absolute atomic E-state index is 0.0514. The lowest BCUT2D eigenvalue weighted by molar-refractivity contribution is -0.385. The SMILES string of the molecule is CCC(C)(C)c1nnc(NC(=O)/C=C/c2ccccc2[N+](=O)[O-])s1. The summed E-state index contributed by atoms with van der Waals surface area (Å²) < 4.78 is 0. The number of rotatable bonds is 6. The van der Waals surface area contributed by atoms with E-state index in [-0.39, 0.29) is 11.1 Å². The van der Waals surface area contributed by atoms with Crippen LogP contribution in [0.1, 0.15) is 37.8 Å². The van der Waals surface area contributed by atoms with Crippen molar-refractivity contribution < 1.29 is 9.72 Å². The zero-order valence-electron chi connectivity index (χ0n) is 13.6. The highest BCUT2D eigenvalue weighted by atomic mass is 32.1. The molecule has 7 nitrogen and oxygen atoms in total. The van der Waals surface area contributed by atoms with Crippen molar-refractivity contribution in [3.8, 4) is 0 Å². The van der Waals surface area contributed by atoms with Crippen LogP contribution < -0.4 is 5.32 Å². The van der Waals surface area contributed by atoms with E-state index in [1.165, 1.54) is 29.6 Å². The van der Waals surface area contributed by atoms with Gasteiger partial charge in [-0.25, -0.2) is 0 Å². The summed E-state index contributed by atoms with van der Waals surface area (Å²) in [5, 5.41) is 22.9. The number of nitrogens with one attached hydrogen (secondary N) is 1. The van der Waals surface area contributed by atoms with Crippen LogP contribution in [-0.2, 0) is 10.2 Å². The minimum Gasteiger partial charge on any atom is -0.297 e. The molecule has 1 aromatic carbocycles. The summed E-state index contributed by atoms with van der Waals surface area (Å²) in [4.78, 5) is 22.4. The monoisotopic (exact) mass is 346 g/mol. The Morgan fingerprint density at radius 3 is 2.75 bits per heavy atom. The molecule has 0 aliphatic rings. The molecule has 0 aliphatic carbocycles. The van der Waals surface area contributed by atoms with Gasteiger partial charge in [0.1, 0.15) is 5.01 Å². The average Bonchev–Trinajstić information content (AvgIpc) is 3.02. The maximum absolute atomic E-state index is 12.0. The molecule has 0 atom stereocenters. The molecule has 0 aliphatic heterocycles. The number of carbonyl (C=O) groups is 1. The van der Waals surface area contributed by atoms with Crippen molar-refractivity contribution in [3.63, 3.8) is 0 Å². The van der Waals surface area contributed by atoms with Gasteiger partial charge < -0.3 is 0 Å². The van der Waals surface area contributed by atoms with Crippen LogP contribution in [0.25, 0.3) is 6.08 Å². The first-order valence-electron chi connectivity index (χ1n) is 7.40. The molecule has 2 aromatic rings. The number of anilines is 1. The highest BCUT2D eigenvalue weighted by Gasteiger charge is 2.23. The van der Waals surface area contributed by atoms with Crippen molar-refractivity contribution in [2.75, 3.05) is 5.32 Å². The smallest absolute Gasteiger partial charge is 0.276 e. The molecule has 0 saturated carbocycles. The zero-order valence-corrected chi connectivity index (χ0v) is 14.5. The van der Waals surface area contributed by atoms with E-state index < -0.39 is 10.8 Å². The van der Waals surface area contributed by atoms with Crippen molar-refractivity contribution in [2.24, 2.45) is 0 Å². The number of amides is 1. The molecule has 2 rings (SSSR count). The fraction of sp³-hybridized carbons (Fsp3) is 0.312. The van der Waals surface area contributed by atoms with E-state index in [9.17, 15) is 14.9 Å². The van der Waals surface area contributed by atoms with Gasteiger partial charge in [0.15, 0.2) is 0 Å². The number of aromatic nitrogens is 2. The standard InChI is InChI=1S/C16H18N4O3S/c1-4-16(2,3)14-18-19-15(24-14)17-13(21)10-9-11-7-5-6-8-12(11)20(22)23/h5-10H,4H2,1-3H3,(H,17,19,21)/b10-9+. The van der Waals surface area contributed by atoms with Gasteiger partial charge in [0.25, 0.3) is 5.69 Å². The number of nitro benzene ring substituents is 1. The topological polar surface area (TPSA) is 98.0 Å². The van der Waals surface area contributed by atoms with E-state index in [0.717, 1.165) is 11.4 Å². The first-order valence-corrected chi connectivity index (χ1v) is 8.21. The second-order valence-corrected chi connectivity index (χ2v) is 6.77. The normalized spacial score (nSPS) is 11.6. The lowest BCUT2D eigenvalue weighted by atomic mass is 9.91. The third-order valence-corrected chi connectivity index (χ3v) is 4.87. The van der Waals surface area contributed by atoms with E-state index in [2.05, 4.69) is 36.3 Å². The zero-order chi connectivity index (χ0) is 17.7. The molecule has 1 amide bonds. The van der Waals surface area contributed by atoms with Crippen molar-refractivity contribution in [3.05, 3.63) is 51.0 Å². The summed E-state index contributed by atoms with van der Waals surface area (Å²) in [5.41, 5.74) is 0.216. The van der Waals surface area contributed by atoms with Crippen LogP contribution in [0.15, 0.2) is 30.3 Å². The highest BCUT2D eigenvalue weighted by molar-refractivity contribution is 7.15. The Kier molecular flexibility index (Phi) is 5.40. The third-order valence-electron chi connectivity index (χ3n) is 3.67. The van der Waals surface area contributed by atoms with Crippen LogP contribution in [-0.4, -0.2) is 21.0 Å². The Morgan fingerprint density at radius 1 is 1.38 bits per heavy atom. The van der Waals surface area contributed by atoms with Gasteiger partial charge >= 0.3 is 0 Å². The van der Waals surface area contributed by atoms with Gasteiger partial charge in [-0.3, -0.25) is 20.2 Å². The molecule has 126 valence electrons. The number of hydrogen-bond acceptors (Lipinski definition) is 6. The van der Waals surface area contributed by atoms with Gasteiger partial charge in [-0.2, -0.15) is 0 Å². The first-order chi connectivity index (χ1) is 11.3. The lowest BCUT2D eigenvalue weighted by Crippen LogP contribution is -2.14. The fourth-order valence-corrected chi connectivity index (χ4v) is 2.72. The lowest BCUT2D eigenvalue weighted by Gasteiger charge is -2.17. The van der Waals surface area contributed by atoms with Gasteiger partial charge in [0.2, 0.25) is 11.0 Å². The summed E-state index contributed by atoms with van der Waals surface area (Å²) in [5.74, 6) is -0.412. The number of hydrogen-bond donors (Lipinski definition) is 1. The first kappa shape index (κ1) is 17.7. The molecule has 1 N–H and O–H groups in total. The summed E-state index contributed by atoms with van der Waals surface area (Å²) in [6, 6.07) is 6.22. The van der Waals surface area contributed by atoms with Crippen molar-refractivity contribution in [1.29, 1.82) is 0 Å². The molecule has 24 heavy (non-hydrogen) atoms. The largest absolute Gasteiger partial charge is 0.297 e. The van der Waals surface area contributed by atoms with Gasteiger partial charge in [-0.1, -0.05) is 44.2 Å². The maximum Gasteiger partial charge on any atom is 0.276 e. The maximum atomic E-state index is 12.0. The van der Waals surface area contributed by atoms with E-state index in [1.54, 1.807) is 18.2 Å². The van der Waals surface area contributed by atoms with Crippen LogP contribution in [0.3, 0.4) is 0 Å². The van der Waals surface area contributed by atoms with Gasteiger partial charge in [0.05, 0.1) is 10.5 Å². The Bertz CT molecular complexity index is 783. The van der Waals surface area contributed by atoms with E-state index in [1.807, 2.05) is 0 Å². The predicted molar refractivity (Wildman–Crippen MR) is 94.0 cm³/mol. The predicted octanol–water partition coefficient (Wildman–Crippen LogP) is 3.79. The molecule has 0 radical (unpaired) electrons. The second kappa shape index (κ2) is 7.31. The minimum atomic E-state index is -0.485. The van der Waals surface area contributed by atoms with Crippen molar-refractivity contribution >= 4 is 34.1 Å². The molecular formula is C16H18N4O3S. The van der Waals surface area contributed by atoms with Crippen LogP contribution in [0.5, 0.6) is 0 Å². The average molecular weight is 346 g/mol. The van der Waals surface area contributed by atoms with Gasteiger partial charge in [-0.05, 0) is 18.6 Å². The number of para-hydroxylation sites is 1. The quantitative estimate of drug-likeness (QED) is 0.487. The fourth-order valence-electron chi connectivity index (χ4n) is 1.81. The number of benzene rings is 1. The second-order valence-electron chi connectivity index (χ2n) is 5.79. The Balaban J connectivity index is 2.08.